The van der Waals surface area contributed by atoms with Gasteiger partial charge in [0.1, 0.15) is 17.4 Å². The fraction of sp³-hybridized carbons (Fsp3) is 0.267. The van der Waals surface area contributed by atoms with E-state index < -0.39 is 52.1 Å². The Morgan fingerprint density at radius 2 is 2.07 bits per heavy atom. The number of rotatable bonds is 10. The highest BCUT2D eigenvalue weighted by Crippen LogP contribution is 2.36. The summed E-state index contributed by atoms with van der Waals surface area (Å²) in [5.74, 6) is -1.81. The first-order chi connectivity index (χ1) is 13.6. The fourth-order valence-electron chi connectivity index (χ4n) is 2.08. The van der Waals surface area contributed by atoms with Crippen molar-refractivity contribution < 1.29 is 41.1 Å². The van der Waals surface area contributed by atoms with Crippen LogP contribution in [-0.2, 0) is 26.2 Å². The van der Waals surface area contributed by atoms with Crippen LogP contribution in [0.1, 0.15) is 5.56 Å². The van der Waals surface area contributed by atoms with Crippen LogP contribution in [0.25, 0.3) is 0 Å². The van der Waals surface area contributed by atoms with E-state index in [4.69, 9.17) is 9.47 Å². The Labute approximate surface area is 167 Å². The van der Waals surface area contributed by atoms with Crippen molar-refractivity contribution in [2.75, 3.05) is 13.7 Å². The number of alkyl halides is 2. The Balaban J connectivity index is 2.08. The van der Waals surface area contributed by atoms with Gasteiger partial charge in [-0.25, -0.2) is 8.42 Å². The molecule has 0 amide bonds. The molecule has 0 radical (unpaired) electrons. The van der Waals surface area contributed by atoms with Gasteiger partial charge in [0, 0.05) is 0 Å². The van der Waals surface area contributed by atoms with Crippen LogP contribution in [0.5, 0.6) is 11.5 Å². The molecule has 0 spiro atoms. The number of ether oxygens (including phenoxy) is 3. The first kappa shape index (κ1) is 22.4. The van der Waals surface area contributed by atoms with Crippen molar-refractivity contribution in [3.05, 3.63) is 45.3 Å². The minimum Gasteiger partial charge on any atom is -0.493 e. The van der Waals surface area contributed by atoms with E-state index in [2.05, 4.69) is 4.74 Å². The van der Waals surface area contributed by atoms with Gasteiger partial charge in [0.2, 0.25) is 0 Å². The zero-order chi connectivity index (χ0) is 21.6. The summed E-state index contributed by atoms with van der Waals surface area (Å²) in [6, 6.07) is 4.59. The first-order valence-electron chi connectivity index (χ1n) is 7.63. The monoisotopic (exact) mass is 452 g/mol. The number of nitrogens with zero attached hydrogens (tertiary/aromatic N) is 1. The molecule has 0 aliphatic rings. The van der Waals surface area contributed by atoms with Crippen LogP contribution in [0.2, 0.25) is 0 Å². The van der Waals surface area contributed by atoms with Gasteiger partial charge in [0.15, 0.2) is 11.5 Å². The van der Waals surface area contributed by atoms with E-state index in [1.54, 1.807) is 5.38 Å². The summed E-state index contributed by atoms with van der Waals surface area (Å²) >= 11 is 0.950. The molecular formula is C15H14F2N2O8S2. The van der Waals surface area contributed by atoms with E-state index in [9.17, 15) is 32.1 Å². The van der Waals surface area contributed by atoms with Crippen molar-refractivity contribution in [1.82, 2.24) is 4.72 Å². The zero-order valence-corrected chi connectivity index (χ0v) is 16.3. The Morgan fingerprint density at radius 1 is 1.34 bits per heavy atom. The van der Waals surface area contributed by atoms with Crippen molar-refractivity contribution in [3.63, 3.8) is 0 Å². The Morgan fingerprint density at radius 3 is 2.62 bits per heavy atom. The average Bonchev–Trinajstić information content (AvgIpc) is 3.20. The van der Waals surface area contributed by atoms with Crippen LogP contribution in [0, 0.1) is 10.1 Å². The first-order valence-corrected chi connectivity index (χ1v) is 9.99. The van der Waals surface area contributed by atoms with E-state index in [1.807, 2.05) is 4.72 Å². The summed E-state index contributed by atoms with van der Waals surface area (Å²) in [6.45, 7) is -4.57. The van der Waals surface area contributed by atoms with Crippen LogP contribution < -0.4 is 14.2 Å². The van der Waals surface area contributed by atoms with Crippen molar-refractivity contribution in [2.24, 2.45) is 0 Å². The molecule has 0 atom stereocenters. The molecule has 0 aliphatic carbocycles. The van der Waals surface area contributed by atoms with Gasteiger partial charge in [-0.3, -0.25) is 14.9 Å². The van der Waals surface area contributed by atoms with Crippen molar-refractivity contribution >= 4 is 33.0 Å². The number of nitrogens with one attached hydrogen (secondary N) is 1. The second kappa shape index (κ2) is 9.58. The minimum atomic E-state index is -3.89. The molecule has 29 heavy (non-hydrogen) atoms. The molecule has 2 rings (SSSR count). The number of halogens is 2. The van der Waals surface area contributed by atoms with Gasteiger partial charge >= 0.3 is 12.6 Å². The summed E-state index contributed by atoms with van der Waals surface area (Å²) in [4.78, 5) is 22.1. The number of benzene rings is 1. The maximum Gasteiger partial charge on any atom is 0.387 e. The molecular weight excluding hydrogens is 438 g/mol. The molecule has 1 aromatic carbocycles. The number of hydrogen-bond acceptors (Lipinski definition) is 9. The summed E-state index contributed by atoms with van der Waals surface area (Å²) in [6.07, 6.45) is 0. The van der Waals surface area contributed by atoms with Gasteiger partial charge in [0.25, 0.3) is 15.7 Å². The number of carbonyl (C=O) groups is 1. The van der Waals surface area contributed by atoms with E-state index >= 15 is 0 Å². The highest BCUT2D eigenvalue weighted by Gasteiger charge is 2.23. The largest absolute Gasteiger partial charge is 0.493 e. The minimum absolute atomic E-state index is 0.000271. The third-order valence-electron chi connectivity index (χ3n) is 3.33. The molecule has 1 aromatic heterocycles. The van der Waals surface area contributed by atoms with Crippen LogP contribution in [-0.4, -0.2) is 39.6 Å². The quantitative estimate of drug-likeness (QED) is 0.330. The normalized spacial score (nSPS) is 11.3. The lowest BCUT2D eigenvalue weighted by molar-refractivity contribution is -0.386. The average molecular weight is 452 g/mol. The van der Waals surface area contributed by atoms with E-state index in [0.717, 1.165) is 24.5 Å². The molecule has 2 aromatic rings. The van der Waals surface area contributed by atoms with Gasteiger partial charge in [-0.15, -0.1) is 11.3 Å². The number of sulfonamides is 1. The number of esters is 1. The van der Waals surface area contributed by atoms with E-state index in [-0.39, 0.29) is 15.5 Å². The third kappa shape index (κ3) is 6.07. The smallest absolute Gasteiger partial charge is 0.387 e. The lowest BCUT2D eigenvalue weighted by Crippen LogP contribution is -2.30. The lowest BCUT2D eigenvalue weighted by atomic mass is 10.1. The highest BCUT2D eigenvalue weighted by atomic mass is 32.2. The molecule has 0 unspecified atom stereocenters. The van der Waals surface area contributed by atoms with Crippen molar-refractivity contribution in [2.45, 2.75) is 17.4 Å². The third-order valence-corrected chi connectivity index (χ3v) is 6.13. The molecule has 10 nitrogen and oxygen atoms in total. The van der Waals surface area contributed by atoms with E-state index in [1.165, 1.54) is 12.1 Å². The maximum absolute atomic E-state index is 12.4. The number of nitro benzene ring substituents is 1. The number of thiophene rings is 1. The number of nitro groups is 1. The maximum atomic E-state index is 12.4. The van der Waals surface area contributed by atoms with Crippen LogP contribution in [0.4, 0.5) is 14.5 Å². The summed E-state index contributed by atoms with van der Waals surface area (Å²) < 4.78 is 64.6. The van der Waals surface area contributed by atoms with Crippen molar-refractivity contribution in [3.8, 4) is 11.5 Å². The Hall–Kier alpha value is -2.84. The van der Waals surface area contributed by atoms with Gasteiger partial charge in [-0.2, -0.15) is 13.5 Å². The molecule has 0 bridgehead atoms. The molecule has 14 heteroatoms. The molecule has 1 N–H and O–H groups in total. The molecule has 158 valence electrons. The van der Waals surface area contributed by atoms with Crippen LogP contribution in [0.15, 0.2) is 33.9 Å². The fourth-order valence-corrected chi connectivity index (χ4v) is 4.08. The topological polar surface area (TPSA) is 134 Å². The highest BCUT2D eigenvalue weighted by molar-refractivity contribution is 7.91. The van der Waals surface area contributed by atoms with Crippen LogP contribution in [0.3, 0.4) is 0 Å². The summed E-state index contributed by atoms with van der Waals surface area (Å²) in [5.41, 5.74) is -0.809. The van der Waals surface area contributed by atoms with Gasteiger partial charge in [0.05, 0.1) is 23.7 Å². The van der Waals surface area contributed by atoms with Crippen LogP contribution >= 0.6 is 11.3 Å². The van der Waals surface area contributed by atoms with E-state index in [0.29, 0.717) is 6.07 Å². The number of hydrogen-bond donors (Lipinski definition) is 1. The zero-order valence-electron chi connectivity index (χ0n) is 14.7. The molecule has 1 heterocycles. The van der Waals surface area contributed by atoms with Gasteiger partial charge in [-0.1, -0.05) is 6.07 Å². The second-order valence-electron chi connectivity index (χ2n) is 5.18. The lowest BCUT2D eigenvalue weighted by Gasteiger charge is -2.12. The molecule has 0 saturated heterocycles. The Bertz CT molecular complexity index is 980. The second-order valence-corrected chi connectivity index (χ2v) is 8.13. The van der Waals surface area contributed by atoms with Gasteiger partial charge < -0.3 is 14.2 Å². The molecule has 0 aliphatic heterocycles. The number of carbonyl (C=O) groups excluding carboxylic acids is 1. The molecule has 0 fully saturated rings. The van der Waals surface area contributed by atoms with Gasteiger partial charge in [-0.05, 0) is 17.5 Å². The summed E-state index contributed by atoms with van der Waals surface area (Å²) in [7, 11) is -2.76. The summed E-state index contributed by atoms with van der Waals surface area (Å²) in [5, 5.41) is 12.7. The Kier molecular flexibility index (Phi) is 7.41. The van der Waals surface area contributed by atoms with Crippen molar-refractivity contribution in [1.29, 1.82) is 0 Å². The molecule has 0 saturated carbocycles. The SMILES string of the molecule is COc1cc(COC(=O)CNS(=O)(=O)c2cccs2)c([N+](=O)[O-])cc1OC(F)F. The standard InChI is InChI=1S/C15H14F2N2O8S2/c1-25-11-5-9(10(19(21)22)6-12(11)27-15(16)17)8-26-13(20)7-18-29(23,24)14-3-2-4-28-14/h2-6,15,18H,7-8H2,1H3. The predicted octanol–water partition coefficient (Wildman–Crippen LogP) is 2.29. The predicted molar refractivity (Wildman–Crippen MR) is 95.6 cm³/mol. The number of methoxy groups -OCH3 is 1.